The van der Waals surface area contributed by atoms with Crippen LogP contribution in [0.5, 0.6) is 0 Å². The van der Waals surface area contributed by atoms with Crippen LogP contribution < -0.4 is 5.32 Å². The fourth-order valence-corrected chi connectivity index (χ4v) is 2.61. The lowest BCUT2D eigenvalue weighted by atomic mass is 10.1. The predicted octanol–water partition coefficient (Wildman–Crippen LogP) is 2.23. The van der Waals surface area contributed by atoms with Gasteiger partial charge in [-0.3, -0.25) is 0 Å². The van der Waals surface area contributed by atoms with Crippen LogP contribution in [0, 0.1) is 12.8 Å². The zero-order chi connectivity index (χ0) is 14.5. The third-order valence-electron chi connectivity index (χ3n) is 3.65. The van der Waals surface area contributed by atoms with Crippen LogP contribution in [0.15, 0.2) is 12.1 Å². The van der Waals surface area contributed by atoms with E-state index in [0.29, 0.717) is 11.7 Å². The van der Waals surface area contributed by atoms with E-state index in [4.69, 9.17) is 5.11 Å². The highest BCUT2D eigenvalue weighted by Crippen LogP contribution is 2.15. The van der Waals surface area contributed by atoms with Crippen molar-refractivity contribution in [1.82, 2.24) is 9.88 Å². The van der Waals surface area contributed by atoms with Crippen molar-refractivity contribution in [1.29, 1.82) is 0 Å². The molecule has 5 nitrogen and oxygen atoms in total. The quantitative estimate of drug-likeness (QED) is 0.834. The standard InChI is InChI=1S/C15H23N3O2/c1-11(10-18-7-3-4-8-18)9-16-14-13(15(19)20)6-5-12(2)17-14/h5-6,11H,3-4,7-10H2,1-2H3,(H,16,17)(H,19,20). The molecule has 5 heteroatoms. The fourth-order valence-electron chi connectivity index (χ4n) is 2.61. The molecule has 2 rings (SSSR count). The summed E-state index contributed by atoms with van der Waals surface area (Å²) in [5.41, 5.74) is 1.06. The first-order valence-corrected chi connectivity index (χ1v) is 7.23. The molecule has 1 aliphatic heterocycles. The largest absolute Gasteiger partial charge is 0.478 e. The molecule has 110 valence electrons. The van der Waals surface area contributed by atoms with Gasteiger partial charge in [-0.15, -0.1) is 0 Å². The van der Waals surface area contributed by atoms with Gasteiger partial charge in [0.15, 0.2) is 0 Å². The maximum absolute atomic E-state index is 11.2. The Labute approximate surface area is 120 Å². The van der Waals surface area contributed by atoms with Crippen LogP contribution in [-0.4, -0.2) is 47.1 Å². The Bertz CT molecular complexity index is 470. The Hall–Kier alpha value is -1.62. The third kappa shape index (κ3) is 3.93. The van der Waals surface area contributed by atoms with Gasteiger partial charge in [0.1, 0.15) is 11.4 Å². The number of nitrogens with one attached hydrogen (secondary N) is 1. The van der Waals surface area contributed by atoms with Crippen LogP contribution in [0.4, 0.5) is 5.82 Å². The molecule has 1 atom stereocenters. The molecule has 1 aliphatic rings. The van der Waals surface area contributed by atoms with Gasteiger partial charge in [0, 0.05) is 18.8 Å². The monoisotopic (exact) mass is 277 g/mol. The SMILES string of the molecule is Cc1ccc(C(=O)O)c(NCC(C)CN2CCCC2)n1. The predicted molar refractivity (Wildman–Crippen MR) is 79.3 cm³/mol. The molecule has 0 aliphatic carbocycles. The van der Waals surface area contributed by atoms with E-state index in [1.807, 2.05) is 6.92 Å². The van der Waals surface area contributed by atoms with Crippen molar-refractivity contribution in [2.24, 2.45) is 5.92 Å². The normalized spacial score (nSPS) is 17.1. The summed E-state index contributed by atoms with van der Waals surface area (Å²) in [4.78, 5) is 17.9. The number of rotatable bonds is 6. The molecule has 2 N–H and O–H groups in total. The van der Waals surface area contributed by atoms with Crippen LogP contribution in [0.2, 0.25) is 0 Å². The number of carbonyl (C=O) groups is 1. The number of carboxylic acids is 1. The highest BCUT2D eigenvalue weighted by molar-refractivity contribution is 5.93. The van der Waals surface area contributed by atoms with Gasteiger partial charge in [-0.05, 0) is 50.9 Å². The molecule has 0 spiro atoms. The molecule has 1 aromatic rings. The third-order valence-corrected chi connectivity index (χ3v) is 3.65. The summed E-state index contributed by atoms with van der Waals surface area (Å²) >= 11 is 0. The number of aromatic nitrogens is 1. The maximum atomic E-state index is 11.2. The molecule has 1 unspecified atom stereocenters. The number of aromatic carboxylic acids is 1. The van der Waals surface area contributed by atoms with Crippen LogP contribution in [-0.2, 0) is 0 Å². The van der Waals surface area contributed by atoms with Gasteiger partial charge >= 0.3 is 5.97 Å². The van der Waals surface area contributed by atoms with E-state index in [0.717, 1.165) is 18.8 Å². The van der Waals surface area contributed by atoms with Gasteiger partial charge in [-0.2, -0.15) is 0 Å². The first-order chi connectivity index (χ1) is 9.56. The minimum Gasteiger partial charge on any atom is -0.478 e. The number of hydrogen-bond acceptors (Lipinski definition) is 4. The second-order valence-corrected chi connectivity index (χ2v) is 5.65. The Morgan fingerprint density at radius 2 is 2.15 bits per heavy atom. The molecule has 2 heterocycles. The molecule has 0 bridgehead atoms. The summed E-state index contributed by atoms with van der Waals surface area (Å²) in [5, 5.41) is 12.4. The van der Waals surface area contributed by atoms with Crippen molar-refractivity contribution in [3.63, 3.8) is 0 Å². The van der Waals surface area contributed by atoms with E-state index in [2.05, 4.69) is 22.1 Å². The van der Waals surface area contributed by atoms with E-state index in [9.17, 15) is 4.79 Å². The number of anilines is 1. The summed E-state index contributed by atoms with van der Waals surface area (Å²) in [6.45, 7) is 8.22. The molecular weight excluding hydrogens is 254 g/mol. The lowest BCUT2D eigenvalue weighted by Crippen LogP contribution is -2.29. The molecule has 20 heavy (non-hydrogen) atoms. The molecule has 0 radical (unpaired) electrons. The van der Waals surface area contributed by atoms with Crippen molar-refractivity contribution in [3.8, 4) is 0 Å². The van der Waals surface area contributed by atoms with Crippen molar-refractivity contribution >= 4 is 11.8 Å². The number of nitrogens with zero attached hydrogens (tertiary/aromatic N) is 2. The van der Waals surface area contributed by atoms with E-state index in [-0.39, 0.29) is 5.56 Å². The van der Waals surface area contributed by atoms with Crippen molar-refractivity contribution in [3.05, 3.63) is 23.4 Å². The number of likely N-dealkylation sites (tertiary alicyclic amines) is 1. The second-order valence-electron chi connectivity index (χ2n) is 5.65. The van der Waals surface area contributed by atoms with Gasteiger partial charge in [0.05, 0.1) is 0 Å². The molecular formula is C15H23N3O2. The summed E-state index contributed by atoms with van der Waals surface area (Å²) < 4.78 is 0. The van der Waals surface area contributed by atoms with Crippen LogP contribution >= 0.6 is 0 Å². The van der Waals surface area contributed by atoms with Crippen LogP contribution in [0.1, 0.15) is 35.8 Å². The Kier molecular flexibility index (Phi) is 4.95. The van der Waals surface area contributed by atoms with Gasteiger partial charge in [-0.25, -0.2) is 9.78 Å². The van der Waals surface area contributed by atoms with E-state index < -0.39 is 5.97 Å². The number of pyridine rings is 1. The number of aryl methyl sites for hydroxylation is 1. The highest BCUT2D eigenvalue weighted by atomic mass is 16.4. The van der Waals surface area contributed by atoms with Crippen LogP contribution in [0.3, 0.4) is 0 Å². The zero-order valence-electron chi connectivity index (χ0n) is 12.2. The van der Waals surface area contributed by atoms with Gasteiger partial charge < -0.3 is 15.3 Å². The number of hydrogen-bond donors (Lipinski definition) is 2. The summed E-state index contributed by atoms with van der Waals surface area (Å²) in [6, 6.07) is 3.33. The smallest absolute Gasteiger partial charge is 0.339 e. The Morgan fingerprint density at radius 1 is 1.45 bits per heavy atom. The first-order valence-electron chi connectivity index (χ1n) is 7.23. The van der Waals surface area contributed by atoms with Gasteiger partial charge in [0.2, 0.25) is 0 Å². The average molecular weight is 277 g/mol. The summed E-state index contributed by atoms with van der Waals surface area (Å²) in [5.74, 6) is 0.00928. The highest BCUT2D eigenvalue weighted by Gasteiger charge is 2.16. The topological polar surface area (TPSA) is 65.5 Å². The Balaban J connectivity index is 1.92. The van der Waals surface area contributed by atoms with E-state index in [1.165, 1.54) is 25.9 Å². The summed E-state index contributed by atoms with van der Waals surface area (Å²) in [6.07, 6.45) is 2.59. The van der Waals surface area contributed by atoms with E-state index >= 15 is 0 Å². The summed E-state index contributed by atoms with van der Waals surface area (Å²) in [7, 11) is 0. The molecule has 0 aromatic carbocycles. The fraction of sp³-hybridized carbons (Fsp3) is 0.600. The average Bonchev–Trinajstić information content (AvgIpc) is 2.89. The van der Waals surface area contributed by atoms with Gasteiger partial charge in [-0.1, -0.05) is 6.92 Å². The van der Waals surface area contributed by atoms with Crippen molar-refractivity contribution in [2.75, 3.05) is 31.5 Å². The second kappa shape index (κ2) is 6.70. The van der Waals surface area contributed by atoms with E-state index in [1.54, 1.807) is 12.1 Å². The van der Waals surface area contributed by atoms with Crippen LogP contribution in [0.25, 0.3) is 0 Å². The molecule has 0 saturated carbocycles. The zero-order valence-corrected chi connectivity index (χ0v) is 12.2. The minimum absolute atomic E-state index is 0.240. The molecule has 0 amide bonds. The molecule has 1 aromatic heterocycles. The molecule has 1 fully saturated rings. The van der Waals surface area contributed by atoms with Gasteiger partial charge in [0.25, 0.3) is 0 Å². The van der Waals surface area contributed by atoms with Crippen molar-refractivity contribution < 1.29 is 9.90 Å². The Morgan fingerprint density at radius 3 is 2.80 bits per heavy atom. The molecule has 1 saturated heterocycles. The first kappa shape index (κ1) is 14.8. The lowest BCUT2D eigenvalue weighted by Gasteiger charge is -2.21. The number of carboxylic acid groups (broad SMARTS) is 1. The minimum atomic E-state index is -0.938. The maximum Gasteiger partial charge on any atom is 0.339 e. The lowest BCUT2D eigenvalue weighted by molar-refractivity contribution is 0.0697. The van der Waals surface area contributed by atoms with Crippen molar-refractivity contribution in [2.45, 2.75) is 26.7 Å².